The molecule has 0 aliphatic carbocycles. The van der Waals surface area contributed by atoms with Crippen LogP contribution in [0.5, 0.6) is 5.75 Å². The Hall–Kier alpha value is -3.81. The molecule has 8 nitrogen and oxygen atoms in total. The minimum atomic E-state index is -0.284. The van der Waals surface area contributed by atoms with Crippen molar-refractivity contribution in [1.82, 2.24) is 20.0 Å². The van der Waals surface area contributed by atoms with Crippen molar-refractivity contribution >= 4 is 17.8 Å². The first-order valence-corrected chi connectivity index (χ1v) is 12.5. The second-order valence-electron chi connectivity index (χ2n) is 9.19. The van der Waals surface area contributed by atoms with Crippen molar-refractivity contribution in [2.75, 3.05) is 32.1 Å². The van der Waals surface area contributed by atoms with E-state index in [9.17, 15) is 9.59 Å². The van der Waals surface area contributed by atoms with Gasteiger partial charge in [-0.05, 0) is 49.1 Å². The fourth-order valence-electron chi connectivity index (χ4n) is 3.99. The van der Waals surface area contributed by atoms with Crippen LogP contribution in [0.15, 0.2) is 54.6 Å². The van der Waals surface area contributed by atoms with Crippen LogP contribution in [-0.4, -0.2) is 53.4 Å². The van der Waals surface area contributed by atoms with E-state index >= 15 is 0 Å². The van der Waals surface area contributed by atoms with Gasteiger partial charge >= 0.3 is 6.03 Å². The number of benzene rings is 2. The first-order valence-electron chi connectivity index (χ1n) is 12.5. The summed E-state index contributed by atoms with van der Waals surface area (Å²) in [4.78, 5) is 27.7. The van der Waals surface area contributed by atoms with E-state index in [-0.39, 0.29) is 24.4 Å². The molecule has 36 heavy (non-hydrogen) atoms. The van der Waals surface area contributed by atoms with Crippen molar-refractivity contribution in [3.05, 3.63) is 60.3 Å². The molecule has 3 amide bonds. The van der Waals surface area contributed by atoms with Gasteiger partial charge in [-0.2, -0.15) is 5.10 Å². The number of nitrogens with zero attached hydrogens (tertiary/aromatic N) is 3. The maximum Gasteiger partial charge on any atom is 0.317 e. The van der Waals surface area contributed by atoms with Crippen LogP contribution in [0, 0.1) is 12.8 Å². The Morgan fingerprint density at radius 2 is 1.78 bits per heavy atom. The third-order valence-corrected chi connectivity index (χ3v) is 5.71. The van der Waals surface area contributed by atoms with Gasteiger partial charge < -0.3 is 20.3 Å². The standard InChI is InChI=1S/C28H37N5O3/c1-6-7-17-29-28(35)32(18-20(2)3)19-25(34)30-27-26(22-11-9-8-10-12-22)21(4)31-33(27)23-13-15-24(36-5)16-14-23/h8-16,20H,6-7,17-19H2,1-5H3,(H,29,35)(H,30,34). The zero-order valence-corrected chi connectivity index (χ0v) is 21.9. The average molecular weight is 492 g/mol. The number of aryl methyl sites for hydroxylation is 1. The molecule has 8 heteroatoms. The van der Waals surface area contributed by atoms with Crippen LogP contribution in [0.4, 0.5) is 10.6 Å². The lowest BCUT2D eigenvalue weighted by molar-refractivity contribution is -0.116. The maximum atomic E-state index is 13.3. The molecule has 0 saturated heterocycles. The molecule has 0 bridgehead atoms. The molecular formula is C28H37N5O3. The number of aromatic nitrogens is 2. The van der Waals surface area contributed by atoms with Gasteiger partial charge in [0.1, 0.15) is 18.1 Å². The van der Waals surface area contributed by atoms with Crippen molar-refractivity contribution in [3.8, 4) is 22.6 Å². The topological polar surface area (TPSA) is 88.5 Å². The summed E-state index contributed by atoms with van der Waals surface area (Å²) in [7, 11) is 1.62. The molecule has 0 aliphatic heterocycles. The predicted molar refractivity (Wildman–Crippen MR) is 144 cm³/mol. The molecule has 0 unspecified atom stereocenters. The molecule has 192 valence electrons. The van der Waals surface area contributed by atoms with Crippen LogP contribution in [-0.2, 0) is 4.79 Å². The molecule has 0 spiro atoms. The van der Waals surface area contributed by atoms with Crippen molar-refractivity contribution in [3.63, 3.8) is 0 Å². The van der Waals surface area contributed by atoms with Crippen molar-refractivity contribution < 1.29 is 14.3 Å². The van der Waals surface area contributed by atoms with Crippen LogP contribution in [0.1, 0.15) is 39.3 Å². The molecule has 3 aromatic rings. The van der Waals surface area contributed by atoms with E-state index in [0.717, 1.165) is 41.1 Å². The number of rotatable bonds is 11. The molecule has 3 rings (SSSR count). The van der Waals surface area contributed by atoms with Gasteiger partial charge in [0.15, 0.2) is 0 Å². The highest BCUT2D eigenvalue weighted by molar-refractivity contribution is 5.97. The molecule has 2 aromatic carbocycles. The summed E-state index contributed by atoms with van der Waals surface area (Å²) in [5.74, 6) is 1.23. The lowest BCUT2D eigenvalue weighted by Gasteiger charge is -2.24. The fraction of sp³-hybridized carbons (Fsp3) is 0.393. The lowest BCUT2D eigenvalue weighted by atomic mass is 10.1. The molecule has 0 atom stereocenters. The second-order valence-corrected chi connectivity index (χ2v) is 9.19. The highest BCUT2D eigenvalue weighted by Crippen LogP contribution is 2.33. The Bertz CT molecular complexity index is 1140. The second kappa shape index (κ2) is 12.8. The molecule has 0 fully saturated rings. The third-order valence-electron chi connectivity index (χ3n) is 5.71. The summed E-state index contributed by atoms with van der Waals surface area (Å²) in [6.45, 7) is 9.06. The van der Waals surface area contributed by atoms with E-state index in [4.69, 9.17) is 9.84 Å². The summed E-state index contributed by atoms with van der Waals surface area (Å²) in [5.41, 5.74) is 3.35. The molecule has 2 N–H and O–H groups in total. The van der Waals surface area contributed by atoms with Gasteiger partial charge in [0.25, 0.3) is 0 Å². The number of carbonyl (C=O) groups excluding carboxylic acids is 2. The molecule has 1 aromatic heterocycles. The van der Waals surface area contributed by atoms with E-state index in [0.29, 0.717) is 18.9 Å². The average Bonchev–Trinajstić information content (AvgIpc) is 3.19. The van der Waals surface area contributed by atoms with Gasteiger partial charge in [-0.1, -0.05) is 57.5 Å². The van der Waals surface area contributed by atoms with Crippen LogP contribution >= 0.6 is 0 Å². The Morgan fingerprint density at radius 3 is 2.39 bits per heavy atom. The maximum absolute atomic E-state index is 13.3. The first-order chi connectivity index (χ1) is 17.3. The molecule has 0 aliphatic rings. The van der Waals surface area contributed by atoms with Gasteiger partial charge in [0.05, 0.1) is 18.5 Å². The summed E-state index contributed by atoms with van der Waals surface area (Å²) >= 11 is 0. The summed E-state index contributed by atoms with van der Waals surface area (Å²) < 4.78 is 7.01. The highest BCUT2D eigenvalue weighted by atomic mass is 16.5. The highest BCUT2D eigenvalue weighted by Gasteiger charge is 2.23. The number of anilines is 1. The quantitative estimate of drug-likeness (QED) is 0.358. The monoisotopic (exact) mass is 491 g/mol. The molecule has 1 heterocycles. The van der Waals surface area contributed by atoms with Gasteiger partial charge in [-0.25, -0.2) is 9.48 Å². The largest absolute Gasteiger partial charge is 0.497 e. The number of carbonyl (C=O) groups is 2. The van der Waals surface area contributed by atoms with E-state index < -0.39 is 0 Å². The van der Waals surface area contributed by atoms with Crippen molar-refractivity contribution in [2.45, 2.75) is 40.5 Å². The predicted octanol–water partition coefficient (Wildman–Crippen LogP) is 5.26. The summed E-state index contributed by atoms with van der Waals surface area (Å²) in [6.07, 6.45) is 1.89. The van der Waals surface area contributed by atoms with E-state index in [1.807, 2.05) is 75.4 Å². The van der Waals surface area contributed by atoms with Gasteiger partial charge in [0.2, 0.25) is 5.91 Å². The third kappa shape index (κ3) is 6.87. The number of unbranched alkanes of at least 4 members (excludes halogenated alkanes) is 1. The molecule has 0 radical (unpaired) electrons. The Balaban J connectivity index is 1.93. The number of amides is 3. The number of hydrogen-bond donors (Lipinski definition) is 2. The number of methoxy groups -OCH3 is 1. The summed E-state index contributed by atoms with van der Waals surface area (Å²) in [5, 5.41) is 10.7. The molecule has 0 saturated carbocycles. The molecular weight excluding hydrogens is 454 g/mol. The fourth-order valence-corrected chi connectivity index (χ4v) is 3.99. The normalized spacial score (nSPS) is 10.8. The van der Waals surface area contributed by atoms with E-state index in [1.54, 1.807) is 16.7 Å². The minimum Gasteiger partial charge on any atom is -0.497 e. The van der Waals surface area contributed by atoms with Crippen LogP contribution < -0.4 is 15.4 Å². The number of nitrogens with one attached hydrogen (secondary N) is 2. The minimum absolute atomic E-state index is 0.0583. The van der Waals surface area contributed by atoms with Gasteiger partial charge in [-0.3, -0.25) is 4.79 Å². The summed E-state index contributed by atoms with van der Waals surface area (Å²) in [6, 6.07) is 17.1. The smallest absolute Gasteiger partial charge is 0.317 e. The Labute approximate surface area is 213 Å². The zero-order chi connectivity index (χ0) is 26.1. The van der Waals surface area contributed by atoms with E-state index in [1.165, 1.54) is 0 Å². The van der Waals surface area contributed by atoms with Crippen LogP contribution in [0.3, 0.4) is 0 Å². The Morgan fingerprint density at radius 1 is 1.08 bits per heavy atom. The first kappa shape index (κ1) is 26.8. The SMILES string of the molecule is CCCCNC(=O)N(CC(=O)Nc1c(-c2ccccc2)c(C)nn1-c1ccc(OC)cc1)CC(C)C. The number of ether oxygens (including phenoxy) is 1. The van der Waals surface area contributed by atoms with Crippen LogP contribution in [0.2, 0.25) is 0 Å². The van der Waals surface area contributed by atoms with Crippen molar-refractivity contribution in [1.29, 1.82) is 0 Å². The Kier molecular flexibility index (Phi) is 9.50. The van der Waals surface area contributed by atoms with Gasteiger partial charge in [0, 0.05) is 18.7 Å². The number of hydrogen-bond acceptors (Lipinski definition) is 4. The van der Waals surface area contributed by atoms with Crippen LogP contribution in [0.25, 0.3) is 16.8 Å². The van der Waals surface area contributed by atoms with Gasteiger partial charge in [-0.15, -0.1) is 0 Å². The zero-order valence-electron chi connectivity index (χ0n) is 21.9. The number of urea groups is 1. The lowest BCUT2D eigenvalue weighted by Crippen LogP contribution is -2.46. The van der Waals surface area contributed by atoms with Crippen molar-refractivity contribution in [2.24, 2.45) is 5.92 Å². The van der Waals surface area contributed by atoms with E-state index in [2.05, 4.69) is 17.6 Å².